The van der Waals surface area contributed by atoms with Gasteiger partial charge in [0.05, 0.1) is 5.75 Å². The maximum atomic E-state index is 11.9. The van der Waals surface area contributed by atoms with E-state index in [9.17, 15) is 18.3 Å². The minimum absolute atomic E-state index is 0.206. The molecule has 6 heteroatoms. The highest BCUT2D eigenvalue weighted by Crippen LogP contribution is 2.35. The van der Waals surface area contributed by atoms with Crippen LogP contribution in [0, 0.1) is 0 Å². The summed E-state index contributed by atoms with van der Waals surface area (Å²) >= 11 is 0. The summed E-state index contributed by atoms with van der Waals surface area (Å²) in [5, 5.41) is 9.23. The van der Waals surface area contributed by atoms with Crippen LogP contribution in [0.2, 0.25) is 0 Å². The topological polar surface area (TPSA) is 74.7 Å². The van der Waals surface area contributed by atoms with Gasteiger partial charge in [0.15, 0.2) is 0 Å². The van der Waals surface area contributed by atoms with Gasteiger partial charge in [0.1, 0.15) is 5.54 Å². The summed E-state index contributed by atoms with van der Waals surface area (Å²) in [6, 6.07) is 0. The third-order valence-electron chi connectivity index (χ3n) is 3.08. The first-order chi connectivity index (χ1) is 7.40. The van der Waals surface area contributed by atoms with Crippen LogP contribution in [0.1, 0.15) is 26.2 Å². The largest absolute Gasteiger partial charge is 0.480 e. The zero-order chi connectivity index (χ0) is 12.4. The Bertz CT molecular complexity index is 390. The Labute approximate surface area is 95.8 Å². The maximum Gasteiger partial charge on any atom is 0.325 e. The molecule has 0 amide bonds. The molecule has 0 spiro atoms. The number of carboxylic acid groups (broad SMARTS) is 1. The number of carboxylic acids is 1. The molecular weight excluding hydrogens is 230 g/mol. The molecule has 1 aliphatic heterocycles. The number of nitrogens with zero attached hydrogens (tertiary/aromatic N) is 1. The van der Waals surface area contributed by atoms with Crippen molar-refractivity contribution < 1.29 is 18.3 Å². The molecule has 0 aliphatic carbocycles. The molecule has 0 aromatic rings. The van der Waals surface area contributed by atoms with Crippen LogP contribution in [-0.4, -0.2) is 41.6 Å². The highest BCUT2D eigenvalue weighted by atomic mass is 32.2. The number of hydrogen-bond acceptors (Lipinski definition) is 3. The number of rotatable bonds is 5. The molecule has 1 rings (SSSR count). The number of sulfonamides is 1. The summed E-state index contributed by atoms with van der Waals surface area (Å²) in [6.07, 6.45) is 2.56. The summed E-state index contributed by atoms with van der Waals surface area (Å²) in [5.74, 6) is -1.26. The molecule has 16 heavy (non-hydrogen) atoms. The van der Waals surface area contributed by atoms with Gasteiger partial charge in [0.25, 0.3) is 0 Å². The Balaban J connectivity index is 3.13. The van der Waals surface area contributed by atoms with E-state index in [1.165, 1.54) is 6.08 Å². The minimum atomic E-state index is -3.54. The molecule has 92 valence electrons. The van der Waals surface area contributed by atoms with Crippen LogP contribution in [0.25, 0.3) is 0 Å². The zero-order valence-electron chi connectivity index (χ0n) is 9.35. The third kappa shape index (κ3) is 1.99. The molecule has 0 radical (unpaired) electrons. The smallest absolute Gasteiger partial charge is 0.325 e. The van der Waals surface area contributed by atoms with Crippen molar-refractivity contribution in [2.75, 3.05) is 12.3 Å². The van der Waals surface area contributed by atoms with Gasteiger partial charge >= 0.3 is 5.97 Å². The van der Waals surface area contributed by atoms with Gasteiger partial charge in [0.2, 0.25) is 10.0 Å². The molecule has 1 unspecified atom stereocenters. The molecule has 1 atom stereocenters. The van der Waals surface area contributed by atoms with Gasteiger partial charge < -0.3 is 5.11 Å². The Hall–Kier alpha value is -0.880. The van der Waals surface area contributed by atoms with E-state index in [1.807, 2.05) is 0 Å². The van der Waals surface area contributed by atoms with Crippen molar-refractivity contribution in [1.29, 1.82) is 0 Å². The summed E-state index contributed by atoms with van der Waals surface area (Å²) in [4.78, 5) is 11.3. The van der Waals surface area contributed by atoms with Crippen LogP contribution in [0.3, 0.4) is 0 Å². The first kappa shape index (κ1) is 13.2. The third-order valence-corrected chi connectivity index (χ3v) is 4.94. The van der Waals surface area contributed by atoms with E-state index < -0.39 is 21.5 Å². The molecule has 1 saturated heterocycles. The second kappa shape index (κ2) is 4.55. The Kier molecular flexibility index (Phi) is 3.75. The fraction of sp³-hybridized carbons (Fsp3) is 0.700. The molecular formula is C10H17NO4S. The fourth-order valence-corrected chi connectivity index (χ4v) is 3.93. The Morgan fingerprint density at radius 1 is 1.62 bits per heavy atom. The number of aliphatic carboxylic acids is 1. The van der Waals surface area contributed by atoms with Gasteiger partial charge in [-0.25, -0.2) is 8.42 Å². The standard InChI is InChI=1S/C10H17NO4S/c1-3-8-16(14,15)11-7-5-6-10(11,4-2)9(12)13/h3H,1,4-8H2,2H3,(H,12,13). The molecule has 0 aromatic carbocycles. The summed E-state index contributed by atoms with van der Waals surface area (Å²) in [6.45, 7) is 5.37. The SMILES string of the molecule is C=CCS(=O)(=O)N1CCCC1(CC)C(=O)O. The predicted octanol–water partition coefficient (Wildman–Crippen LogP) is 0.831. The normalized spacial score (nSPS) is 26.8. The summed E-state index contributed by atoms with van der Waals surface area (Å²) in [5.41, 5.74) is -1.25. The van der Waals surface area contributed by atoms with E-state index in [-0.39, 0.29) is 12.3 Å². The average molecular weight is 247 g/mol. The zero-order valence-corrected chi connectivity index (χ0v) is 10.2. The second-order valence-corrected chi connectivity index (χ2v) is 5.87. The lowest BCUT2D eigenvalue weighted by Gasteiger charge is -2.32. The maximum absolute atomic E-state index is 11.9. The highest BCUT2D eigenvalue weighted by Gasteiger charge is 2.51. The average Bonchev–Trinajstić information content (AvgIpc) is 2.62. The van der Waals surface area contributed by atoms with Gasteiger partial charge in [-0.05, 0) is 19.3 Å². The predicted molar refractivity (Wildman–Crippen MR) is 60.6 cm³/mol. The highest BCUT2D eigenvalue weighted by molar-refractivity contribution is 7.89. The first-order valence-electron chi connectivity index (χ1n) is 5.25. The van der Waals surface area contributed by atoms with Crippen LogP contribution in [-0.2, 0) is 14.8 Å². The summed E-state index contributed by atoms with van der Waals surface area (Å²) < 4.78 is 24.9. The van der Waals surface area contributed by atoms with Crippen molar-refractivity contribution in [3.63, 3.8) is 0 Å². The van der Waals surface area contributed by atoms with Gasteiger partial charge in [0, 0.05) is 6.54 Å². The van der Waals surface area contributed by atoms with E-state index in [1.54, 1.807) is 6.92 Å². The van der Waals surface area contributed by atoms with E-state index in [2.05, 4.69) is 6.58 Å². The monoisotopic (exact) mass is 247 g/mol. The van der Waals surface area contributed by atoms with Crippen molar-refractivity contribution in [3.05, 3.63) is 12.7 Å². The van der Waals surface area contributed by atoms with E-state index in [0.29, 0.717) is 19.3 Å². The van der Waals surface area contributed by atoms with Crippen LogP contribution in [0.5, 0.6) is 0 Å². The van der Waals surface area contributed by atoms with Crippen molar-refractivity contribution in [1.82, 2.24) is 4.31 Å². The molecule has 0 bridgehead atoms. The first-order valence-corrected chi connectivity index (χ1v) is 6.86. The van der Waals surface area contributed by atoms with Gasteiger partial charge in [-0.1, -0.05) is 13.0 Å². The fourth-order valence-electron chi connectivity index (χ4n) is 2.22. The summed E-state index contributed by atoms with van der Waals surface area (Å²) in [7, 11) is -3.54. The van der Waals surface area contributed by atoms with Crippen molar-refractivity contribution in [2.45, 2.75) is 31.7 Å². The molecule has 1 N–H and O–H groups in total. The quantitative estimate of drug-likeness (QED) is 0.730. The Morgan fingerprint density at radius 2 is 2.25 bits per heavy atom. The van der Waals surface area contributed by atoms with Crippen molar-refractivity contribution in [2.24, 2.45) is 0 Å². The number of carbonyl (C=O) groups is 1. The van der Waals surface area contributed by atoms with Crippen molar-refractivity contribution in [3.8, 4) is 0 Å². The number of hydrogen-bond donors (Lipinski definition) is 1. The molecule has 1 aliphatic rings. The van der Waals surface area contributed by atoms with Crippen LogP contribution >= 0.6 is 0 Å². The van der Waals surface area contributed by atoms with Crippen LogP contribution in [0.15, 0.2) is 12.7 Å². The van der Waals surface area contributed by atoms with E-state index >= 15 is 0 Å². The molecule has 1 fully saturated rings. The van der Waals surface area contributed by atoms with Crippen molar-refractivity contribution >= 4 is 16.0 Å². The molecule has 5 nitrogen and oxygen atoms in total. The molecule has 1 heterocycles. The van der Waals surface area contributed by atoms with E-state index in [0.717, 1.165) is 4.31 Å². The lowest BCUT2D eigenvalue weighted by atomic mass is 9.95. The second-order valence-electron chi connectivity index (χ2n) is 3.93. The minimum Gasteiger partial charge on any atom is -0.480 e. The van der Waals surface area contributed by atoms with Crippen LogP contribution < -0.4 is 0 Å². The lowest BCUT2D eigenvalue weighted by Crippen LogP contribution is -2.53. The Morgan fingerprint density at radius 3 is 2.69 bits per heavy atom. The molecule has 0 saturated carbocycles. The molecule has 0 aromatic heterocycles. The van der Waals surface area contributed by atoms with Gasteiger partial charge in [-0.15, -0.1) is 6.58 Å². The van der Waals surface area contributed by atoms with Gasteiger partial charge in [-0.2, -0.15) is 4.31 Å². The van der Waals surface area contributed by atoms with E-state index in [4.69, 9.17) is 0 Å². The lowest BCUT2D eigenvalue weighted by molar-refractivity contribution is -0.147. The van der Waals surface area contributed by atoms with Crippen LogP contribution in [0.4, 0.5) is 0 Å². The van der Waals surface area contributed by atoms with Gasteiger partial charge in [-0.3, -0.25) is 4.79 Å².